The second-order valence-electron chi connectivity index (χ2n) is 5.36. The Morgan fingerprint density at radius 1 is 1.00 bits per heavy atom. The molecule has 134 valence electrons. The quantitative estimate of drug-likeness (QED) is 0.675. The van der Waals surface area contributed by atoms with Crippen LogP contribution in [-0.2, 0) is 16.6 Å². The first-order valence-corrected chi connectivity index (χ1v) is 9.11. The Balaban J connectivity index is 1.44. The lowest BCUT2D eigenvalue weighted by Gasteiger charge is -2.08. The summed E-state index contributed by atoms with van der Waals surface area (Å²) in [5.41, 5.74) is 0. The number of aromatic nitrogens is 2. The molecular formula is C16H14N4O5S. The Hall–Kier alpha value is -3.27. The molecule has 3 aromatic rings. The van der Waals surface area contributed by atoms with E-state index < -0.39 is 10.0 Å². The van der Waals surface area contributed by atoms with Gasteiger partial charge in [-0.15, -0.1) is 10.2 Å². The molecule has 0 saturated carbocycles. The van der Waals surface area contributed by atoms with Crippen molar-refractivity contribution in [2.24, 2.45) is 0 Å². The van der Waals surface area contributed by atoms with Crippen LogP contribution in [0.3, 0.4) is 0 Å². The maximum absolute atomic E-state index is 12.5. The highest BCUT2D eigenvalue weighted by Crippen LogP contribution is 2.34. The highest BCUT2D eigenvalue weighted by Gasteiger charge is 2.20. The molecule has 0 aliphatic carbocycles. The highest BCUT2D eigenvalue weighted by molar-refractivity contribution is 7.92. The van der Waals surface area contributed by atoms with E-state index in [4.69, 9.17) is 13.9 Å². The Morgan fingerprint density at radius 2 is 1.81 bits per heavy atom. The molecule has 0 radical (unpaired) electrons. The molecule has 1 aliphatic rings. The van der Waals surface area contributed by atoms with E-state index in [9.17, 15) is 8.42 Å². The second-order valence-corrected chi connectivity index (χ2v) is 7.04. The van der Waals surface area contributed by atoms with Gasteiger partial charge in [0.25, 0.3) is 10.0 Å². The molecule has 26 heavy (non-hydrogen) atoms. The smallest absolute Gasteiger partial charge is 0.263 e. The summed E-state index contributed by atoms with van der Waals surface area (Å²) in [5.74, 6) is 2.24. The minimum Gasteiger partial charge on any atom is -0.467 e. The summed E-state index contributed by atoms with van der Waals surface area (Å²) < 4.78 is 42.9. The van der Waals surface area contributed by atoms with Gasteiger partial charge in [0, 0.05) is 6.07 Å². The van der Waals surface area contributed by atoms with Crippen LogP contribution in [0, 0.1) is 0 Å². The van der Waals surface area contributed by atoms with Gasteiger partial charge in [-0.2, -0.15) is 0 Å². The number of rotatable bonds is 6. The number of fused-ring (bicyclic) bond motifs is 1. The van der Waals surface area contributed by atoms with Crippen molar-refractivity contribution in [2.75, 3.05) is 16.8 Å². The molecule has 2 N–H and O–H groups in total. The number of hydrogen-bond donors (Lipinski definition) is 2. The fraction of sp³-hybridized carbons (Fsp3) is 0.125. The Morgan fingerprint density at radius 3 is 2.58 bits per heavy atom. The Kier molecular flexibility index (Phi) is 4.09. The zero-order chi connectivity index (χ0) is 18.0. The first-order chi connectivity index (χ1) is 12.6. The molecule has 0 bridgehead atoms. The van der Waals surface area contributed by atoms with Crippen LogP contribution in [0.1, 0.15) is 5.76 Å². The van der Waals surface area contributed by atoms with Crippen molar-refractivity contribution in [3.8, 4) is 11.5 Å². The minimum atomic E-state index is -3.82. The van der Waals surface area contributed by atoms with E-state index in [-0.39, 0.29) is 17.5 Å². The van der Waals surface area contributed by atoms with Gasteiger partial charge in [0.2, 0.25) is 6.79 Å². The van der Waals surface area contributed by atoms with E-state index in [0.717, 1.165) is 5.76 Å². The van der Waals surface area contributed by atoms with E-state index in [1.54, 1.807) is 24.5 Å². The standard InChI is InChI=1S/C16H14N4O5S/c21-26(22,12-3-4-13-14(8-12)25-10-24-13)20-16-6-5-15(18-19-16)17-9-11-2-1-7-23-11/h1-8H,9-10H2,(H,17,18)(H,19,20). The van der Waals surface area contributed by atoms with Crippen LogP contribution in [0.25, 0.3) is 0 Å². The molecule has 0 unspecified atom stereocenters. The first kappa shape index (κ1) is 16.2. The van der Waals surface area contributed by atoms with Crippen molar-refractivity contribution >= 4 is 21.7 Å². The van der Waals surface area contributed by atoms with Gasteiger partial charge < -0.3 is 19.2 Å². The topological polar surface area (TPSA) is 116 Å². The van der Waals surface area contributed by atoms with Gasteiger partial charge in [0.1, 0.15) is 11.6 Å². The summed E-state index contributed by atoms with van der Waals surface area (Å²) in [6.07, 6.45) is 1.58. The number of furan rings is 1. The lowest BCUT2D eigenvalue weighted by atomic mass is 10.3. The monoisotopic (exact) mass is 374 g/mol. The first-order valence-electron chi connectivity index (χ1n) is 7.63. The van der Waals surface area contributed by atoms with Crippen LogP contribution in [0.5, 0.6) is 11.5 Å². The summed E-state index contributed by atoms with van der Waals surface area (Å²) in [6, 6.07) is 11.1. The van der Waals surface area contributed by atoms with Crippen LogP contribution in [0.4, 0.5) is 11.6 Å². The molecule has 0 amide bonds. The third kappa shape index (κ3) is 3.40. The number of nitrogens with zero attached hydrogens (tertiary/aromatic N) is 2. The summed E-state index contributed by atoms with van der Waals surface area (Å²) in [4.78, 5) is 0.0450. The van der Waals surface area contributed by atoms with Gasteiger partial charge in [-0.25, -0.2) is 8.42 Å². The van der Waals surface area contributed by atoms with Gasteiger partial charge in [0.05, 0.1) is 17.7 Å². The predicted octanol–water partition coefficient (Wildman–Crippen LogP) is 2.21. The molecule has 0 fully saturated rings. The van der Waals surface area contributed by atoms with E-state index in [1.165, 1.54) is 18.2 Å². The van der Waals surface area contributed by atoms with Crippen molar-refractivity contribution in [3.63, 3.8) is 0 Å². The van der Waals surface area contributed by atoms with Crippen molar-refractivity contribution in [3.05, 3.63) is 54.5 Å². The summed E-state index contributed by atoms with van der Waals surface area (Å²) in [7, 11) is -3.82. The molecule has 1 aliphatic heterocycles. The van der Waals surface area contributed by atoms with Crippen molar-refractivity contribution in [1.29, 1.82) is 0 Å². The van der Waals surface area contributed by atoms with Crippen LogP contribution in [-0.4, -0.2) is 25.4 Å². The number of hydrogen-bond acceptors (Lipinski definition) is 8. The van der Waals surface area contributed by atoms with E-state index in [2.05, 4.69) is 20.2 Å². The number of ether oxygens (including phenoxy) is 2. The zero-order valence-corrected chi connectivity index (χ0v) is 14.2. The van der Waals surface area contributed by atoms with Crippen molar-refractivity contribution < 1.29 is 22.3 Å². The average molecular weight is 374 g/mol. The number of nitrogens with one attached hydrogen (secondary N) is 2. The van der Waals surface area contributed by atoms with E-state index >= 15 is 0 Å². The lowest BCUT2D eigenvalue weighted by molar-refractivity contribution is 0.174. The Labute approximate surface area is 149 Å². The fourth-order valence-electron chi connectivity index (χ4n) is 2.31. The molecular weight excluding hydrogens is 360 g/mol. The molecule has 0 atom stereocenters. The maximum Gasteiger partial charge on any atom is 0.263 e. The van der Waals surface area contributed by atoms with E-state index in [1.807, 2.05) is 6.07 Å². The van der Waals surface area contributed by atoms with Gasteiger partial charge in [0.15, 0.2) is 17.3 Å². The zero-order valence-electron chi connectivity index (χ0n) is 13.4. The molecule has 3 heterocycles. The van der Waals surface area contributed by atoms with Crippen LogP contribution >= 0.6 is 0 Å². The van der Waals surface area contributed by atoms with Crippen molar-refractivity contribution in [1.82, 2.24) is 10.2 Å². The largest absolute Gasteiger partial charge is 0.467 e. The highest BCUT2D eigenvalue weighted by atomic mass is 32.2. The number of sulfonamides is 1. The van der Waals surface area contributed by atoms with Gasteiger partial charge in [-0.3, -0.25) is 4.72 Å². The Bertz CT molecular complexity index is 1000. The second kappa shape index (κ2) is 6.56. The molecule has 4 rings (SSSR count). The third-order valence-corrected chi connectivity index (χ3v) is 4.93. The SMILES string of the molecule is O=S(=O)(Nc1ccc(NCc2ccco2)nn1)c1ccc2c(c1)OCO2. The van der Waals surface area contributed by atoms with Crippen LogP contribution in [0.15, 0.2) is 58.0 Å². The van der Waals surface area contributed by atoms with Gasteiger partial charge >= 0.3 is 0 Å². The predicted molar refractivity (Wildman–Crippen MR) is 91.4 cm³/mol. The van der Waals surface area contributed by atoms with E-state index in [0.29, 0.717) is 23.9 Å². The third-order valence-electron chi connectivity index (χ3n) is 3.58. The van der Waals surface area contributed by atoms with Crippen LogP contribution in [0.2, 0.25) is 0 Å². The molecule has 0 spiro atoms. The summed E-state index contributed by atoms with van der Waals surface area (Å²) >= 11 is 0. The fourth-order valence-corrected chi connectivity index (χ4v) is 3.32. The minimum absolute atomic E-state index is 0.0450. The summed E-state index contributed by atoms with van der Waals surface area (Å²) in [5, 5.41) is 10.8. The van der Waals surface area contributed by atoms with Crippen LogP contribution < -0.4 is 19.5 Å². The summed E-state index contributed by atoms with van der Waals surface area (Å²) in [6.45, 7) is 0.522. The van der Waals surface area contributed by atoms with Gasteiger partial charge in [-0.05, 0) is 36.4 Å². The molecule has 0 saturated heterocycles. The average Bonchev–Trinajstić information content (AvgIpc) is 3.32. The van der Waals surface area contributed by atoms with Gasteiger partial charge in [-0.1, -0.05) is 0 Å². The lowest BCUT2D eigenvalue weighted by Crippen LogP contribution is -2.14. The molecule has 2 aromatic heterocycles. The molecule has 1 aromatic carbocycles. The number of anilines is 2. The van der Waals surface area contributed by atoms with Crippen molar-refractivity contribution in [2.45, 2.75) is 11.4 Å². The maximum atomic E-state index is 12.5. The number of benzene rings is 1. The normalized spacial score (nSPS) is 12.8. The molecule has 9 nitrogen and oxygen atoms in total. The molecule has 10 heteroatoms.